The molecule has 4 heteroatoms. The van der Waals surface area contributed by atoms with Crippen LogP contribution in [0.15, 0.2) is 18.2 Å². The average molecular weight is 266 g/mol. The lowest BCUT2D eigenvalue weighted by Crippen LogP contribution is -2.66. The quantitative estimate of drug-likeness (QED) is 0.889. The Morgan fingerprint density at radius 3 is 2.26 bits per heavy atom. The molecule has 3 fully saturated rings. The van der Waals surface area contributed by atoms with Crippen LogP contribution in [0, 0.1) is 22.5 Å². The molecule has 0 spiro atoms. The number of hydrogen-bond acceptors (Lipinski definition) is 2. The highest BCUT2D eigenvalue weighted by Gasteiger charge is 2.70. The molecule has 0 aromatic heterocycles. The molecular weight excluding hydrogens is 250 g/mol. The van der Waals surface area contributed by atoms with Crippen molar-refractivity contribution in [2.45, 2.75) is 32.1 Å². The van der Waals surface area contributed by atoms with Gasteiger partial charge in [-0.3, -0.25) is 4.79 Å². The van der Waals surface area contributed by atoms with Gasteiger partial charge in [-0.05, 0) is 48.8 Å². The summed E-state index contributed by atoms with van der Waals surface area (Å²) in [6.45, 7) is 0.164. The van der Waals surface area contributed by atoms with Crippen molar-refractivity contribution in [3.8, 4) is 0 Å². The van der Waals surface area contributed by atoms with E-state index in [0.717, 1.165) is 25.3 Å². The van der Waals surface area contributed by atoms with Crippen LogP contribution < -0.4 is 0 Å². The predicted molar refractivity (Wildman–Crippen MR) is 65.5 cm³/mol. The van der Waals surface area contributed by atoms with E-state index in [-0.39, 0.29) is 23.2 Å². The van der Waals surface area contributed by atoms with Gasteiger partial charge in [0.05, 0.1) is 0 Å². The van der Waals surface area contributed by atoms with Gasteiger partial charge in [0.25, 0.3) is 0 Å². The largest absolute Gasteiger partial charge is 0.396 e. The first-order chi connectivity index (χ1) is 8.97. The maximum Gasteiger partial charge on any atom is 0.139 e. The predicted octanol–water partition coefficient (Wildman–Crippen LogP) is 2.63. The lowest BCUT2D eigenvalue weighted by atomic mass is 9.34. The van der Waals surface area contributed by atoms with Crippen LogP contribution in [0.5, 0.6) is 0 Å². The van der Waals surface area contributed by atoms with Gasteiger partial charge in [-0.1, -0.05) is 0 Å². The zero-order chi connectivity index (χ0) is 13.7. The molecular formula is C15H16F2O2. The summed E-state index contributed by atoms with van der Waals surface area (Å²) >= 11 is 0. The van der Waals surface area contributed by atoms with E-state index in [1.165, 1.54) is 12.1 Å². The van der Waals surface area contributed by atoms with Crippen molar-refractivity contribution in [1.29, 1.82) is 0 Å². The first-order valence-electron chi connectivity index (χ1n) is 6.56. The van der Waals surface area contributed by atoms with Gasteiger partial charge < -0.3 is 5.11 Å². The first-order valence-corrected chi connectivity index (χ1v) is 6.56. The fraction of sp³-hybridized carbons (Fsp3) is 0.533. The average Bonchev–Trinajstić information content (AvgIpc) is 2.22. The van der Waals surface area contributed by atoms with Crippen molar-refractivity contribution in [2.24, 2.45) is 10.8 Å². The van der Waals surface area contributed by atoms with Crippen molar-refractivity contribution < 1.29 is 18.7 Å². The van der Waals surface area contributed by atoms with Crippen LogP contribution in [-0.4, -0.2) is 17.5 Å². The second-order valence-corrected chi connectivity index (χ2v) is 6.17. The van der Waals surface area contributed by atoms with Gasteiger partial charge in [0, 0.05) is 24.5 Å². The number of carbonyl (C=O) groups is 1. The van der Waals surface area contributed by atoms with Gasteiger partial charge in [0.15, 0.2) is 0 Å². The van der Waals surface area contributed by atoms with Crippen LogP contribution in [-0.2, 0) is 11.2 Å². The van der Waals surface area contributed by atoms with E-state index >= 15 is 0 Å². The molecule has 0 aliphatic heterocycles. The summed E-state index contributed by atoms with van der Waals surface area (Å²) in [7, 11) is 0. The number of carbonyl (C=O) groups excluding carboxylic acids is 1. The second kappa shape index (κ2) is 4.10. The third-order valence-electron chi connectivity index (χ3n) is 4.63. The number of aliphatic hydroxyl groups is 1. The van der Waals surface area contributed by atoms with Crippen molar-refractivity contribution in [1.82, 2.24) is 0 Å². The molecule has 3 aliphatic rings. The fourth-order valence-electron chi connectivity index (χ4n) is 3.74. The van der Waals surface area contributed by atoms with Gasteiger partial charge in [-0.25, -0.2) is 8.78 Å². The van der Waals surface area contributed by atoms with E-state index in [1.807, 2.05) is 0 Å². The molecule has 19 heavy (non-hydrogen) atoms. The summed E-state index contributed by atoms with van der Waals surface area (Å²) in [6, 6.07) is 3.37. The summed E-state index contributed by atoms with van der Waals surface area (Å²) in [5.74, 6) is -1.04. The molecule has 3 saturated carbocycles. The van der Waals surface area contributed by atoms with Crippen LogP contribution >= 0.6 is 0 Å². The molecule has 2 nitrogen and oxygen atoms in total. The number of hydrogen-bond donors (Lipinski definition) is 1. The normalized spacial score (nSPS) is 31.5. The zero-order valence-corrected chi connectivity index (χ0v) is 10.6. The van der Waals surface area contributed by atoms with Gasteiger partial charge in [-0.15, -0.1) is 0 Å². The SMILES string of the molecule is O=C(CCc1cc(F)cc(F)c1)C12CC(CO)(C1)C2. The van der Waals surface area contributed by atoms with Gasteiger partial charge in [0.1, 0.15) is 17.4 Å². The highest BCUT2D eigenvalue weighted by Crippen LogP contribution is 2.73. The van der Waals surface area contributed by atoms with Gasteiger partial charge >= 0.3 is 0 Å². The number of aliphatic hydroxyl groups excluding tert-OH is 1. The van der Waals surface area contributed by atoms with Crippen molar-refractivity contribution in [2.75, 3.05) is 6.61 Å². The zero-order valence-electron chi connectivity index (χ0n) is 10.6. The minimum absolute atomic E-state index is 0.0145. The Morgan fingerprint density at radius 1 is 1.16 bits per heavy atom. The summed E-state index contributed by atoms with van der Waals surface area (Å²) in [5.41, 5.74) is 0.309. The van der Waals surface area contributed by atoms with E-state index in [4.69, 9.17) is 5.11 Å². The second-order valence-electron chi connectivity index (χ2n) is 6.17. The minimum Gasteiger partial charge on any atom is -0.396 e. The summed E-state index contributed by atoms with van der Waals surface area (Å²) < 4.78 is 26.0. The molecule has 1 aromatic rings. The molecule has 1 N–H and O–H groups in total. The molecule has 0 saturated heterocycles. The van der Waals surface area contributed by atoms with Crippen molar-refractivity contribution >= 4 is 5.78 Å². The van der Waals surface area contributed by atoms with E-state index in [1.54, 1.807) is 0 Å². The summed E-state index contributed by atoms with van der Waals surface area (Å²) in [6.07, 6.45) is 3.05. The molecule has 0 radical (unpaired) electrons. The third kappa shape index (κ3) is 1.98. The summed E-state index contributed by atoms with van der Waals surface area (Å²) in [5, 5.41) is 9.15. The van der Waals surface area contributed by atoms with Crippen LogP contribution in [0.2, 0.25) is 0 Å². The molecule has 4 rings (SSSR count). The molecule has 3 aliphatic carbocycles. The Balaban J connectivity index is 1.57. The molecule has 0 atom stereocenters. The Morgan fingerprint density at radius 2 is 1.74 bits per heavy atom. The lowest BCUT2D eigenvalue weighted by Gasteiger charge is -2.69. The fourth-order valence-corrected chi connectivity index (χ4v) is 3.74. The number of Topliss-reactive ketones (excluding diaryl/α,β-unsaturated/α-hetero) is 1. The molecule has 0 unspecified atom stereocenters. The molecule has 2 bridgehead atoms. The van der Waals surface area contributed by atoms with E-state index in [2.05, 4.69) is 0 Å². The van der Waals surface area contributed by atoms with Gasteiger partial charge in [0.2, 0.25) is 0 Å². The molecule has 1 aromatic carbocycles. The number of ketones is 1. The van der Waals surface area contributed by atoms with E-state index < -0.39 is 11.6 Å². The Hall–Kier alpha value is -1.29. The minimum atomic E-state index is -0.604. The highest BCUT2D eigenvalue weighted by molar-refractivity contribution is 5.88. The monoisotopic (exact) mass is 266 g/mol. The van der Waals surface area contributed by atoms with E-state index in [0.29, 0.717) is 18.4 Å². The molecule has 0 heterocycles. The summed E-state index contributed by atoms with van der Waals surface area (Å²) in [4.78, 5) is 12.1. The maximum absolute atomic E-state index is 13.0. The number of rotatable bonds is 5. The van der Waals surface area contributed by atoms with Crippen LogP contribution in [0.25, 0.3) is 0 Å². The topological polar surface area (TPSA) is 37.3 Å². The maximum atomic E-state index is 13.0. The van der Waals surface area contributed by atoms with E-state index in [9.17, 15) is 13.6 Å². The number of aryl methyl sites for hydroxylation is 1. The third-order valence-corrected chi connectivity index (χ3v) is 4.63. The highest BCUT2D eigenvalue weighted by atomic mass is 19.1. The molecule has 0 amide bonds. The Bertz CT molecular complexity index is 499. The first kappa shape index (κ1) is 12.7. The van der Waals surface area contributed by atoms with Crippen molar-refractivity contribution in [3.63, 3.8) is 0 Å². The van der Waals surface area contributed by atoms with Crippen molar-refractivity contribution in [3.05, 3.63) is 35.4 Å². The molecule has 102 valence electrons. The standard InChI is InChI=1S/C15H16F2O2/c16-11-3-10(4-12(17)5-11)1-2-13(19)15-6-14(7-15,8-15)9-18/h3-5,18H,1-2,6-9H2. The number of halogens is 2. The number of benzene rings is 1. The Kier molecular flexibility index (Phi) is 2.75. The smallest absolute Gasteiger partial charge is 0.139 e. The van der Waals surface area contributed by atoms with Crippen LogP contribution in [0.1, 0.15) is 31.2 Å². The van der Waals surface area contributed by atoms with Crippen LogP contribution in [0.3, 0.4) is 0 Å². The van der Waals surface area contributed by atoms with Crippen LogP contribution in [0.4, 0.5) is 8.78 Å². The Labute approximate surface area is 110 Å². The van der Waals surface area contributed by atoms with Gasteiger partial charge in [-0.2, -0.15) is 0 Å². The lowest BCUT2D eigenvalue weighted by molar-refractivity contribution is -0.218.